The highest BCUT2D eigenvalue weighted by atomic mass is 79.9. The van der Waals surface area contributed by atoms with E-state index in [1.165, 1.54) is 11.3 Å². The monoisotopic (exact) mass is 304 g/mol. The van der Waals surface area contributed by atoms with Crippen molar-refractivity contribution in [2.24, 2.45) is 0 Å². The molecule has 3 heteroatoms. The lowest BCUT2D eigenvalue weighted by Crippen LogP contribution is -2.17. The fraction of sp³-hybridized carbons (Fsp3) is 0.200. The minimum atomic E-state index is 0.843. The highest BCUT2D eigenvalue weighted by Gasteiger charge is 2.07. The van der Waals surface area contributed by atoms with Crippen LogP contribution in [0.3, 0.4) is 0 Å². The zero-order valence-corrected chi connectivity index (χ0v) is 12.2. The van der Waals surface area contributed by atoms with E-state index in [1.54, 1.807) is 0 Å². The number of nitrogens with two attached hydrogens (primary N) is 1. The third-order valence-corrected chi connectivity index (χ3v) is 3.62. The molecule has 0 unspecified atom stereocenters. The van der Waals surface area contributed by atoms with Crippen LogP contribution in [-0.4, -0.2) is 7.05 Å². The molecule has 0 saturated heterocycles. The summed E-state index contributed by atoms with van der Waals surface area (Å²) >= 11 is 3.45. The van der Waals surface area contributed by atoms with Crippen molar-refractivity contribution in [3.8, 4) is 0 Å². The smallest absolute Gasteiger partial charge is 0.0426 e. The first-order valence-corrected chi connectivity index (χ1v) is 6.68. The van der Waals surface area contributed by atoms with E-state index in [2.05, 4.69) is 65.1 Å². The van der Waals surface area contributed by atoms with Crippen molar-refractivity contribution in [1.29, 1.82) is 0 Å². The molecule has 0 aliphatic carbocycles. The van der Waals surface area contributed by atoms with Crippen LogP contribution in [0.4, 0.5) is 11.4 Å². The van der Waals surface area contributed by atoms with Crippen LogP contribution in [0.2, 0.25) is 0 Å². The molecule has 94 valence electrons. The van der Waals surface area contributed by atoms with Crippen LogP contribution in [0.1, 0.15) is 11.1 Å². The van der Waals surface area contributed by atoms with E-state index in [0.29, 0.717) is 0 Å². The van der Waals surface area contributed by atoms with Crippen LogP contribution in [0, 0.1) is 6.92 Å². The molecule has 0 bridgehead atoms. The molecule has 18 heavy (non-hydrogen) atoms. The number of anilines is 2. The number of rotatable bonds is 3. The molecule has 0 aliphatic heterocycles. The molecule has 0 amide bonds. The maximum Gasteiger partial charge on any atom is 0.0426 e. The van der Waals surface area contributed by atoms with Crippen LogP contribution in [0.15, 0.2) is 46.9 Å². The molecule has 2 nitrogen and oxygen atoms in total. The number of hydrogen-bond donors (Lipinski definition) is 1. The van der Waals surface area contributed by atoms with Crippen LogP contribution in [0.5, 0.6) is 0 Å². The zero-order valence-electron chi connectivity index (χ0n) is 10.7. The van der Waals surface area contributed by atoms with Crippen molar-refractivity contribution in [3.05, 3.63) is 58.1 Å². The van der Waals surface area contributed by atoms with Crippen molar-refractivity contribution in [3.63, 3.8) is 0 Å². The first-order chi connectivity index (χ1) is 8.58. The fourth-order valence-electron chi connectivity index (χ4n) is 2.00. The summed E-state index contributed by atoms with van der Waals surface area (Å²) in [5, 5.41) is 0. The Balaban J connectivity index is 2.19. The molecule has 2 N–H and O–H groups in total. The molecule has 0 spiro atoms. The van der Waals surface area contributed by atoms with Gasteiger partial charge in [-0.25, -0.2) is 0 Å². The first kappa shape index (κ1) is 13.0. The zero-order chi connectivity index (χ0) is 13.1. The molecule has 0 fully saturated rings. The predicted molar refractivity (Wildman–Crippen MR) is 81.8 cm³/mol. The standard InChI is InChI=1S/C15H17BrN2/c1-11-14(17)4-3-5-15(11)18(2)10-12-6-8-13(16)9-7-12/h3-9H,10,17H2,1-2H3. The SMILES string of the molecule is Cc1c(N)cccc1N(C)Cc1ccc(Br)cc1. The van der Waals surface area contributed by atoms with E-state index in [1.807, 2.05) is 12.1 Å². The van der Waals surface area contributed by atoms with Gasteiger partial charge >= 0.3 is 0 Å². The molecular weight excluding hydrogens is 288 g/mol. The molecule has 0 radical (unpaired) electrons. The lowest BCUT2D eigenvalue weighted by molar-refractivity contribution is 0.917. The summed E-state index contributed by atoms with van der Waals surface area (Å²) < 4.78 is 1.11. The van der Waals surface area contributed by atoms with Crippen molar-refractivity contribution < 1.29 is 0 Å². The number of nitrogen functional groups attached to an aromatic ring is 1. The summed E-state index contributed by atoms with van der Waals surface area (Å²) in [6, 6.07) is 14.4. The average Bonchev–Trinajstić information content (AvgIpc) is 2.35. The minimum absolute atomic E-state index is 0.843. The average molecular weight is 305 g/mol. The van der Waals surface area contributed by atoms with Gasteiger partial charge in [-0.05, 0) is 42.3 Å². The lowest BCUT2D eigenvalue weighted by atomic mass is 10.1. The normalized spacial score (nSPS) is 10.4. The van der Waals surface area contributed by atoms with Gasteiger partial charge in [-0.15, -0.1) is 0 Å². The first-order valence-electron chi connectivity index (χ1n) is 5.88. The quantitative estimate of drug-likeness (QED) is 0.869. The molecule has 0 heterocycles. The Labute approximate surface area is 117 Å². The third-order valence-electron chi connectivity index (χ3n) is 3.09. The van der Waals surface area contributed by atoms with Crippen molar-refractivity contribution >= 4 is 27.3 Å². The van der Waals surface area contributed by atoms with Gasteiger partial charge in [0.15, 0.2) is 0 Å². The Morgan fingerprint density at radius 1 is 1.11 bits per heavy atom. The van der Waals surface area contributed by atoms with E-state index < -0.39 is 0 Å². The second-order valence-electron chi connectivity index (χ2n) is 4.47. The summed E-state index contributed by atoms with van der Waals surface area (Å²) in [5.41, 5.74) is 10.4. The Morgan fingerprint density at radius 3 is 2.44 bits per heavy atom. The van der Waals surface area contributed by atoms with Gasteiger partial charge in [-0.3, -0.25) is 0 Å². The largest absolute Gasteiger partial charge is 0.398 e. The lowest BCUT2D eigenvalue weighted by Gasteiger charge is -2.22. The van der Waals surface area contributed by atoms with Gasteiger partial charge in [0.1, 0.15) is 0 Å². The minimum Gasteiger partial charge on any atom is -0.398 e. The van der Waals surface area contributed by atoms with Gasteiger partial charge in [0.2, 0.25) is 0 Å². The predicted octanol–water partition coefficient (Wildman–Crippen LogP) is 3.98. The van der Waals surface area contributed by atoms with Gasteiger partial charge in [-0.2, -0.15) is 0 Å². The Hall–Kier alpha value is -1.48. The van der Waals surface area contributed by atoms with Crippen molar-refractivity contribution in [2.45, 2.75) is 13.5 Å². The van der Waals surface area contributed by atoms with Gasteiger partial charge in [0.05, 0.1) is 0 Å². The summed E-state index contributed by atoms with van der Waals surface area (Å²) in [6.45, 7) is 2.93. The highest BCUT2D eigenvalue weighted by molar-refractivity contribution is 9.10. The Bertz CT molecular complexity index is 535. The van der Waals surface area contributed by atoms with E-state index in [9.17, 15) is 0 Å². The molecule has 2 aromatic carbocycles. The molecule has 2 aromatic rings. The molecule has 0 aromatic heterocycles. The number of nitrogens with zero attached hydrogens (tertiary/aromatic N) is 1. The Kier molecular flexibility index (Phi) is 3.92. The van der Waals surface area contributed by atoms with Crippen LogP contribution in [0.25, 0.3) is 0 Å². The van der Waals surface area contributed by atoms with E-state index in [-0.39, 0.29) is 0 Å². The van der Waals surface area contributed by atoms with E-state index >= 15 is 0 Å². The van der Waals surface area contributed by atoms with Gasteiger partial charge < -0.3 is 10.6 Å². The van der Waals surface area contributed by atoms with Crippen LogP contribution in [-0.2, 0) is 6.54 Å². The fourth-order valence-corrected chi connectivity index (χ4v) is 2.27. The Morgan fingerprint density at radius 2 is 1.78 bits per heavy atom. The van der Waals surface area contributed by atoms with Crippen molar-refractivity contribution in [1.82, 2.24) is 0 Å². The number of hydrogen-bond acceptors (Lipinski definition) is 2. The van der Waals surface area contributed by atoms with Crippen LogP contribution >= 0.6 is 15.9 Å². The molecule has 2 rings (SSSR count). The summed E-state index contributed by atoms with van der Waals surface area (Å²) in [6.07, 6.45) is 0. The third kappa shape index (κ3) is 2.85. The van der Waals surface area contributed by atoms with Crippen molar-refractivity contribution in [2.75, 3.05) is 17.7 Å². The second-order valence-corrected chi connectivity index (χ2v) is 5.39. The molecule has 0 saturated carbocycles. The van der Waals surface area contributed by atoms with E-state index in [4.69, 9.17) is 5.73 Å². The van der Waals surface area contributed by atoms with Crippen LogP contribution < -0.4 is 10.6 Å². The van der Waals surface area contributed by atoms with Gasteiger partial charge in [0.25, 0.3) is 0 Å². The number of halogens is 1. The second kappa shape index (κ2) is 5.44. The number of benzene rings is 2. The summed E-state index contributed by atoms with van der Waals surface area (Å²) in [4.78, 5) is 2.22. The van der Waals surface area contributed by atoms with Gasteiger partial charge in [0, 0.05) is 29.4 Å². The molecular formula is C15H17BrN2. The summed E-state index contributed by atoms with van der Waals surface area (Å²) in [5.74, 6) is 0. The molecule has 0 aliphatic rings. The maximum atomic E-state index is 5.94. The van der Waals surface area contributed by atoms with E-state index in [0.717, 1.165) is 22.3 Å². The maximum absolute atomic E-state index is 5.94. The van der Waals surface area contributed by atoms with Gasteiger partial charge in [-0.1, -0.05) is 34.1 Å². The topological polar surface area (TPSA) is 29.3 Å². The summed E-state index contributed by atoms with van der Waals surface area (Å²) in [7, 11) is 2.09. The highest BCUT2D eigenvalue weighted by Crippen LogP contribution is 2.25. The molecule has 0 atom stereocenters.